The number of halogens is 2. The zero-order valence-electron chi connectivity index (χ0n) is 16.0. The first-order valence-electron chi connectivity index (χ1n) is 9.13. The number of hydrogen-bond donors (Lipinski definition) is 2. The van der Waals surface area contributed by atoms with Crippen molar-refractivity contribution in [3.05, 3.63) is 83.3 Å². The summed E-state index contributed by atoms with van der Waals surface area (Å²) in [4.78, 5) is 0. The third-order valence-corrected chi connectivity index (χ3v) is 5.04. The number of H-pyrrole nitrogens is 1. The number of ether oxygens (including phenoxy) is 2. The fourth-order valence-electron chi connectivity index (χ4n) is 3.18. The van der Waals surface area contributed by atoms with Gasteiger partial charge < -0.3 is 14.6 Å². The lowest BCUT2D eigenvalue weighted by molar-refractivity contribution is 0.304. The molecule has 0 aliphatic rings. The molecule has 1 heterocycles. The van der Waals surface area contributed by atoms with Gasteiger partial charge in [0.2, 0.25) is 0 Å². The van der Waals surface area contributed by atoms with Crippen molar-refractivity contribution in [2.45, 2.75) is 6.61 Å². The normalized spacial score (nSPS) is 10.8. The maximum absolute atomic E-state index is 13.2. The van der Waals surface area contributed by atoms with Crippen LogP contribution < -0.4 is 9.47 Å². The van der Waals surface area contributed by atoms with Crippen LogP contribution in [0.25, 0.3) is 22.4 Å². The number of para-hydroxylation sites is 1. The van der Waals surface area contributed by atoms with Gasteiger partial charge in [0.05, 0.1) is 24.0 Å². The summed E-state index contributed by atoms with van der Waals surface area (Å²) in [6.45, 7) is 0.147. The van der Waals surface area contributed by atoms with Crippen LogP contribution in [0.5, 0.6) is 17.2 Å². The second kappa shape index (κ2) is 8.47. The fourth-order valence-corrected chi connectivity index (χ4v) is 3.40. The number of nitrogens with zero attached hydrogens (tertiary/aromatic N) is 1. The number of methoxy groups -OCH3 is 1. The van der Waals surface area contributed by atoms with Crippen LogP contribution in [0.3, 0.4) is 0 Å². The Labute approximate surface area is 177 Å². The van der Waals surface area contributed by atoms with Crippen molar-refractivity contribution in [3.8, 4) is 39.6 Å². The van der Waals surface area contributed by atoms with E-state index in [2.05, 4.69) is 10.2 Å². The van der Waals surface area contributed by atoms with E-state index in [1.807, 2.05) is 24.3 Å². The summed E-state index contributed by atoms with van der Waals surface area (Å²) < 4.78 is 24.3. The summed E-state index contributed by atoms with van der Waals surface area (Å²) in [6.07, 6.45) is 1.69. The average molecular weight is 425 g/mol. The third kappa shape index (κ3) is 3.95. The Morgan fingerprint density at radius 1 is 1.03 bits per heavy atom. The van der Waals surface area contributed by atoms with Crippen molar-refractivity contribution in [1.82, 2.24) is 10.2 Å². The molecule has 0 saturated heterocycles. The maximum atomic E-state index is 13.2. The standard InChI is InChI=1S/C23H18ClFN2O3/c1-29-22-5-3-2-4-17(22)19-12-26-27-23(19)18-9-8-16(11-21(18)28)30-13-14-6-7-15(25)10-20(14)24/h2-12,28H,13H2,1H3,(H,26,27). The molecule has 0 amide bonds. The van der Waals surface area contributed by atoms with Gasteiger partial charge in [0.1, 0.15) is 29.7 Å². The van der Waals surface area contributed by atoms with Crippen molar-refractivity contribution in [1.29, 1.82) is 0 Å². The van der Waals surface area contributed by atoms with Gasteiger partial charge in [0.25, 0.3) is 0 Å². The summed E-state index contributed by atoms with van der Waals surface area (Å²) in [5.41, 5.74) is 3.53. The van der Waals surface area contributed by atoms with E-state index < -0.39 is 5.82 Å². The van der Waals surface area contributed by atoms with Crippen LogP contribution in [-0.4, -0.2) is 22.4 Å². The van der Waals surface area contributed by atoms with Gasteiger partial charge in [0.15, 0.2) is 0 Å². The molecule has 152 valence electrons. The summed E-state index contributed by atoms with van der Waals surface area (Å²) in [6, 6.07) is 16.7. The zero-order chi connectivity index (χ0) is 21.1. The van der Waals surface area contributed by atoms with Gasteiger partial charge >= 0.3 is 0 Å². The Balaban J connectivity index is 1.60. The zero-order valence-corrected chi connectivity index (χ0v) is 16.8. The summed E-state index contributed by atoms with van der Waals surface area (Å²) in [5, 5.41) is 18.0. The van der Waals surface area contributed by atoms with E-state index in [4.69, 9.17) is 21.1 Å². The number of rotatable bonds is 6. The molecule has 0 aliphatic carbocycles. The number of phenols is 1. The van der Waals surface area contributed by atoms with Crippen molar-refractivity contribution in [3.63, 3.8) is 0 Å². The van der Waals surface area contributed by atoms with E-state index >= 15 is 0 Å². The summed E-state index contributed by atoms with van der Waals surface area (Å²) >= 11 is 6.03. The minimum atomic E-state index is -0.406. The van der Waals surface area contributed by atoms with Crippen LogP contribution in [0.15, 0.2) is 66.9 Å². The van der Waals surface area contributed by atoms with E-state index in [1.54, 1.807) is 31.5 Å². The monoisotopic (exact) mass is 424 g/mol. The SMILES string of the molecule is COc1ccccc1-c1cn[nH]c1-c1ccc(OCc2ccc(F)cc2Cl)cc1O. The first kappa shape index (κ1) is 19.8. The lowest BCUT2D eigenvalue weighted by Crippen LogP contribution is -1.97. The lowest BCUT2D eigenvalue weighted by atomic mass is 10.0. The predicted octanol–water partition coefficient (Wildman–Crippen LogP) is 5.83. The van der Waals surface area contributed by atoms with Crippen LogP contribution in [0.1, 0.15) is 5.56 Å². The molecule has 3 aromatic carbocycles. The molecule has 0 atom stereocenters. The van der Waals surface area contributed by atoms with Crippen LogP contribution in [-0.2, 0) is 6.61 Å². The highest BCUT2D eigenvalue weighted by Gasteiger charge is 2.17. The Bertz CT molecular complexity index is 1190. The van der Waals surface area contributed by atoms with Crippen molar-refractivity contribution in [2.24, 2.45) is 0 Å². The number of nitrogens with one attached hydrogen (secondary N) is 1. The van der Waals surface area contributed by atoms with Crippen molar-refractivity contribution in [2.75, 3.05) is 7.11 Å². The molecule has 0 spiro atoms. The Hall–Kier alpha value is -3.51. The molecular weight excluding hydrogens is 407 g/mol. The highest BCUT2D eigenvalue weighted by molar-refractivity contribution is 6.31. The molecule has 5 nitrogen and oxygen atoms in total. The van der Waals surface area contributed by atoms with Gasteiger partial charge in [-0.15, -0.1) is 0 Å². The van der Waals surface area contributed by atoms with E-state index in [0.717, 1.165) is 11.1 Å². The minimum absolute atomic E-state index is 0.0260. The molecule has 0 unspecified atom stereocenters. The molecule has 1 aromatic heterocycles. The molecule has 0 bridgehead atoms. The molecule has 4 aromatic rings. The fraction of sp³-hybridized carbons (Fsp3) is 0.0870. The largest absolute Gasteiger partial charge is 0.507 e. The summed E-state index contributed by atoms with van der Waals surface area (Å²) in [5.74, 6) is 0.778. The molecule has 0 aliphatic heterocycles. The number of aromatic amines is 1. The first-order chi connectivity index (χ1) is 14.6. The van der Waals surface area contributed by atoms with Gasteiger partial charge in [-0.1, -0.05) is 35.9 Å². The molecule has 0 fully saturated rings. The molecule has 7 heteroatoms. The van der Waals surface area contributed by atoms with Gasteiger partial charge in [-0.05, 0) is 30.3 Å². The van der Waals surface area contributed by atoms with Crippen LogP contribution in [0.4, 0.5) is 4.39 Å². The van der Waals surface area contributed by atoms with E-state index in [1.165, 1.54) is 18.2 Å². The smallest absolute Gasteiger partial charge is 0.128 e. The third-order valence-electron chi connectivity index (χ3n) is 4.68. The van der Waals surface area contributed by atoms with Gasteiger partial charge in [0, 0.05) is 28.3 Å². The van der Waals surface area contributed by atoms with E-state index in [-0.39, 0.29) is 17.4 Å². The van der Waals surface area contributed by atoms with Crippen molar-refractivity contribution < 1.29 is 19.0 Å². The van der Waals surface area contributed by atoms with Gasteiger partial charge in [-0.25, -0.2) is 4.39 Å². The number of phenolic OH excluding ortho intramolecular Hbond substituents is 1. The van der Waals surface area contributed by atoms with Crippen LogP contribution >= 0.6 is 11.6 Å². The molecule has 30 heavy (non-hydrogen) atoms. The van der Waals surface area contributed by atoms with E-state index in [0.29, 0.717) is 28.3 Å². The Morgan fingerprint density at radius 2 is 1.87 bits per heavy atom. The molecular formula is C23H18ClFN2O3. The average Bonchev–Trinajstić information content (AvgIpc) is 3.22. The quantitative estimate of drug-likeness (QED) is 0.408. The number of hydrogen-bond acceptors (Lipinski definition) is 4. The molecule has 2 N–H and O–H groups in total. The van der Waals surface area contributed by atoms with Crippen molar-refractivity contribution >= 4 is 11.6 Å². The Morgan fingerprint density at radius 3 is 2.63 bits per heavy atom. The topological polar surface area (TPSA) is 67.4 Å². The Kier molecular flexibility index (Phi) is 5.59. The first-order valence-corrected chi connectivity index (χ1v) is 9.51. The van der Waals surface area contributed by atoms with Crippen LogP contribution in [0, 0.1) is 5.82 Å². The number of aromatic hydroxyl groups is 1. The summed E-state index contributed by atoms with van der Waals surface area (Å²) in [7, 11) is 1.61. The highest BCUT2D eigenvalue weighted by Crippen LogP contribution is 2.40. The predicted molar refractivity (Wildman–Crippen MR) is 113 cm³/mol. The van der Waals surface area contributed by atoms with Crippen LogP contribution in [0.2, 0.25) is 5.02 Å². The maximum Gasteiger partial charge on any atom is 0.128 e. The number of benzene rings is 3. The minimum Gasteiger partial charge on any atom is -0.507 e. The van der Waals surface area contributed by atoms with E-state index in [9.17, 15) is 9.50 Å². The number of aromatic nitrogens is 2. The van der Waals surface area contributed by atoms with Gasteiger partial charge in [-0.2, -0.15) is 5.10 Å². The lowest BCUT2D eigenvalue weighted by Gasteiger charge is -2.12. The van der Waals surface area contributed by atoms with Gasteiger partial charge in [-0.3, -0.25) is 5.10 Å². The highest BCUT2D eigenvalue weighted by atomic mass is 35.5. The molecule has 0 saturated carbocycles. The second-order valence-corrected chi connectivity index (χ2v) is 6.97. The molecule has 4 rings (SSSR count). The molecule has 0 radical (unpaired) electrons. The second-order valence-electron chi connectivity index (χ2n) is 6.56.